The van der Waals surface area contributed by atoms with E-state index in [4.69, 9.17) is 25.8 Å². The summed E-state index contributed by atoms with van der Waals surface area (Å²) in [4.78, 5) is 18.1. The van der Waals surface area contributed by atoms with Gasteiger partial charge in [-0.2, -0.15) is 5.21 Å². The third kappa shape index (κ3) is 6.79. The van der Waals surface area contributed by atoms with Crippen molar-refractivity contribution in [1.82, 2.24) is 35.3 Å². The maximum atomic E-state index is 13.4. The molecule has 7 aromatic rings. The predicted octanol–water partition coefficient (Wildman–Crippen LogP) is 6.66. The minimum absolute atomic E-state index is 0.0376. The van der Waals surface area contributed by atoms with Gasteiger partial charge in [0.2, 0.25) is 0 Å². The smallest absolute Gasteiger partial charge is 0.176 e. The summed E-state index contributed by atoms with van der Waals surface area (Å²) < 4.78 is 13.5. The number of Topliss-reactive ketones (excluding diaryl/α,β-unsaturated/α-hetero) is 1. The molecule has 0 aliphatic rings. The molecule has 0 bridgehead atoms. The molecule has 12 heteroatoms. The third-order valence-electron chi connectivity index (χ3n) is 8.00. The molecule has 0 spiro atoms. The lowest BCUT2D eigenvalue weighted by Gasteiger charge is -2.07. The molecule has 3 aromatic carbocycles. The van der Waals surface area contributed by atoms with Crippen LogP contribution in [0.3, 0.4) is 0 Å². The van der Waals surface area contributed by atoms with Crippen molar-refractivity contribution >= 4 is 49.8 Å². The van der Waals surface area contributed by atoms with Crippen molar-refractivity contribution in [2.75, 3.05) is 7.11 Å². The molecule has 0 aliphatic heterocycles. The molecular formula is C35H28ClN7O3S. The summed E-state index contributed by atoms with van der Waals surface area (Å²) in [6.07, 6.45) is 4.36. The lowest BCUT2D eigenvalue weighted by atomic mass is 9.98. The van der Waals surface area contributed by atoms with Crippen LogP contribution in [0.4, 0.5) is 0 Å². The second-order valence-corrected chi connectivity index (χ2v) is 12.4. The Morgan fingerprint density at radius 2 is 1.91 bits per heavy atom. The number of ketones is 1. The SMILES string of the molecule is COc1ccc2sc(C#Cc3c(CCc4ccc(Cl)cc4)c4cc(C(=O)CCc5ccon5)ccc4n3CCc3nn[nH]n3)nc2c1. The number of tetrazole rings is 1. The molecule has 1 N–H and O–H groups in total. The molecular weight excluding hydrogens is 634 g/mol. The van der Waals surface area contributed by atoms with Crippen LogP contribution in [0.2, 0.25) is 5.02 Å². The van der Waals surface area contributed by atoms with Crippen LogP contribution in [0.15, 0.2) is 77.5 Å². The molecule has 0 saturated carbocycles. The maximum absolute atomic E-state index is 13.4. The van der Waals surface area contributed by atoms with E-state index in [1.807, 2.05) is 60.7 Å². The number of aromatic amines is 1. The number of carbonyl (C=O) groups is 1. The number of carbonyl (C=O) groups excluding carboxylic acids is 1. The Morgan fingerprint density at radius 3 is 2.70 bits per heavy atom. The molecule has 4 aromatic heterocycles. The number of nitrogens with zero attached hydrogens (tertiary/aromatic N) is 6. The molecule has 0 aliphatic carbocycles. The number of benzene rings is 3. The average Bonchev–Trinajstić information content (AvgIpc) is 3.91. The summed E-state index contributed by atoms with van der Waals surface area (Å²) in [5.74, 6) is 8.23. The van der Waals surface area contributed by atoms with Gasteiger partial charge in [-0.15, -0.1) is 21.5 Å². The number of hydrogen-bond donors (Lipinski definition) is 1. The van der Waals surface area contributed by atoms with Crippen LogP contribution in [0, 0.1) is 11.8 Å². The lowest BCUT2D eigenvalue weighted by Crippen LogP contribution is -2.06. The Hall–Kier alpha value is -5.31. The number of halogens is 1. The molecule has 4 heterocycles. The van der Waals surface area contributed by atoms with E-state index in [2.05, 4.69) is 42.2 Å². The number of aromatic nitrogens is 7. The normalized spacial score (nSPS) is 11.2. The first-order valence-corrected chi connectivity index (χ1v) is 16.2. The van der Waals surface area contributed by atoms with Crippen LogP contribution in [0.5, 0.6) is 5.75 Å². The summed E-state index contributed by atoms with van der Waals surface area (Å²) in [7, 11) is 1.64. The Morgan fingerprint density at radius 1 is 1.02 bits per heavy atom. The van der Waals surface area contributed by atoms with Crippen molar-refractivity contribution in [3.05, 3.63) is 117 Å². The van der Waals surface area contributed by atoms with Gasteiger partial charge < -0.3 is 13.8 Å². The summed E-state index contributed by atoms with van der Waals surface area (Å²) >= 11 is 7.71. The van der Waals surface area contributed by atoms with Gasteiger partial charge in [0.15, 0.2) is 16.6 Å². The summed E-state index contributed by atoms with van der Waals surface area (Å²) in [5, 5.41) is 20.9. The maximum Gasteiger partial charge on any atom is 0.176 e. The number of H-pyrrole nitrogens is 1. The number of fused-ring (bicyclic) bond motifs is 2. The molecule has 0 radical (unpaired) electrons. The third-order valence-corrected chi connectivity index (χ3v) is 9.20. The number of aryl methyl sites for hydroxylation is 5. The molecule has 47 heavy (non-hydrogen) atoms. The number of rotatable bonds is 11. The number of nitrogens with one attached hydrogen (secondary N) is 1. The van der Waals surface area contributed by atoms with E-state index in [0.29, 0.717) is 53.6 Å². The average molecular weight is 662 g/mol. The zero-order chi connectivity index (χ0) is 32.2. The monoisotopic (exact) mass is 661 g/mol. The number of ether oxygens (including phenoxy) is 1. The number of methoxy groups -OCH3 is 1. The van der Waals surface area contributed by atoms with Gasteiger partial charge >= 0.3 is 0 Å². The predicted molar refractivity (Wildman–Crippen MR) is 180 cm³/mol. The first kappa shape index (κ1) is 30.3. The Kier molecular flexibility index (Phi) is 8.77. The molecule has 0 atom stereocenters. The summed E-state index contributed by atoms with van der Waals surface area (Å²) in [6.45, 7) is 0.567. The van der Waals surface area contributed by atoms with Crippen molar-refractivity contribution in [2.24, 2.45) is 0 Å². The highest BCUT2D eigenvalue weighted by atomic mass is 35.5. The first-order valence-electron chi connectivity index (χ1n) is 15.0. The van der Waals surface area contributed by atoms with Crippen LogP contribution in [-0.4, -0.2) is 48.2 Å². The van der Waals surface area contributed by atoms with E-state index in [9.17, 15) is 4.79 Å². The van der Waals surface area contributed by atoms with Crippen molar-refractivity contribution in [1.29, 1.82) is 0 Å². The fourth-order valence-electron chi connectivity index (χ4n) is 5.60. The van der Waals surface area contributed by atoms with Gasteiger partial charge in [0.1, 0.15) is 12.0 Å². The Balaban J connectivity index is 1.32. The number of thiazole rings is 1. The highest BCUT2D eigenvalue weighted by molar-refractivity contribution is 7.19. The van der Waals surface area contributed by atoms with Gasteiger partial charge in [0, 0.05) is 59.4 Å². The topological polar surface area (TPSA) is 125 Å². The second-order valence-electron chi connectivity index (χ2n) is 10.9. The fourth-order valence-corrected chi connectivity index (χ4v) is 6.52. The second kappa shape index (κ2) is 13.6. The van der Waals surface area contributed by atoms with E-state index in [1.54, 1.807) is 13.2 Å². The fraction of sp³-hybridized carbons (Fsp3) is 0.200. The van der Waals surface area contributed by atoms with E-state index >= 15 is 0 Å². The van der Waals surface area contributed by atoms with Crippen LogP contribution >= 0.6 is 22.9 Å². The van der Waals surface area contributed by atoms with Crippen LogP contribution in [-0.2, 0) is 32.2 Å². The molecule has 0 saturated heterocycles. The van der Waals surface area contributed by atoms with Gasteiger partial charge in [0.25, 0.3) is 0 Å². The van der Waals surface area contributed by atoms with Crippen LogP contribution in [0.25, 0.3) is 21.1 Å². The zero-order valence-electron chi connectivity index (χ0n) is 25.4. The molecule has 0 fully saturated rings. The zero-order valence-corrected chi connectivity index (χ0v) is 26.9. The number of hydrogen-bond acceptors (Lipinski definition) is 9. The largest absolute Gasteiger partial charge is 0.497 e. The van der Waals surface area contributed by atoms with Gasteiger partial charge in [-0.05, 0) is 78.3 Å². The van der Waals surface area contributed by atoms with Crippen molar-refractivity contribution in [2.45, 2.75) is 38.6 Å². The highest BCUT2D eigenvalue weighted by Gasteiger charge is 2.19. The molecule has 234 valence electrons. The standard InChI is InChI=1S/C35H28ClN7O3S/c1-45-26-9-14-33-29(21-26)37-35(47-33)15-12-30-27(10-4-22-2-6-24(36)7-3-22)28-20-23(32(44)13-8-25-17-19-46-40-25)5-11-31(28)43(30)18-16-34-38-41-42-39-34/h2-3,5-7,9,11,14,17,19-21H,4,8,10,13,16,18H2,1H3,(H,38,39,41,42). The van der Waals surface area contributed by atoms with Crippen molar-refractivity contribution in [3.8, 4) is 17.6 Å². The van der Waals surface area contributed by atoms with Gasteiger partial charge in [-0.25, -0.2) is 4.98 Å². The molecule has 0 unspecified atom stereocenters. The summed E-state index contributed by atoms with van der Waals surface area (Å²) in [6, 6.07) is 21.4. The molecule has 10 nitrogen and oxygen atoms in total. The minimum atomic E-state index is 0.0376. The quantitative estimate of drug-likeness (QED) is 0.121. The lowest BCUT2D eigenvalue weighted by molar-refractivity contribution is 0.0982. The van der Waals surface area contributed by atoms with Gasteiger partial charge in [0.05, 0.1) is 28.7 Å². The van der Waals surface area contributed by atoms with E-state index in [-0.39, 0.29) is 5.78 Å². The Labute approximate surface area is 278 Å². The first-order chi connectivity index (χ1) is 23.0. The van der Waals surface area contributed by atoms with E-state index in [0.717, 1.165) is 55.8 Å². The van der Waals surface area contributed by atoms with E-state index < -0.39 is 0 Å². The van der Waals surface area contributed by atoms with Crippen molar-refractivity contribution < 1.29 is 14.1 Å². The minimum Gasteiger partial charge on any atom is -0.497 e. The molecule has 7 rings (SSSR count). The van der Waals surface area contributed by atoms with Gasteiger partial charge in [-0.3, -0.25) is 4.79 Å². The van der Waals surface area contributed by atoms with E-state index in [1.165, 1.54) is 17.6 Å². The van der Waals surface area contributed by atoms with Crippen molar-refractivity contribution in [3.63, 3.8) is 0 Å². The molecule has 0 amide bonds. The van der Waals surface area contributed by atoms with Crippen LogP contribution < -0.4 is 4.74 Å². The Bertz CT molecular complexity index is 2230. The summed E-state index contributed by atoms with van der Waals surface area (Å²) in [5.41, 5.74) is 6.29. The van der Waals surface area contributed by atoms with Gasteiger partial charge in [-0.1, -0.05) is 34.1 Å². The highest BCUT2D eigenvalue weighted by Crippen LogP contribution is 2.31. The van der Waals surface area contributed by atoms with Crippen LogP contribution in [0.1, 0.15) is 50.1 Å².